The number of phenolic OH excluding ortho intramolecular Hbond substituents is 1. The Morgan fingerprint density at radius 1 is 1.12 bits per heavy atom. The third kappa shape index (κ3) is 6.46. The average molecular weight is 342 g/mol. The van der Waals surface area contributed by atoms with E-state index < -0.39 is 23.4 Å². The smallest absolute Gasteiger partial charge is 0.306 e. The van der Waals surface area contributed by atoms with Crippen molar-refractivity contribution in [1.82, 2.24) is 0 Å². The minimum Gasteiger partial charge on any atom is -0.505 e. The zero-order valence-electron chi connectivity index (χ0n) is 14.5. The van der Waals surface area contributed by atoms with Gasteiger partial charge in [0.25, 0.3) is 0 Å². The molecule has 2 rings (SSSR count). The molecule has 0 spiro atoms. The van der Waals surface area contributed by atoms with Crippen LogP contribution in [0.4, 0.5) is 8.78 Å². The molecule has 0 amide bonds. The highest BCUT2D eigenvalue weighted by Crippen LogP contribution is 2.32. The summed E-state index contributed by atoms with van der Waals surface area (Å²) in [4.78, 5) is 10.7. The van der Waals surface area contributed by atoms with Crippen LogP contribution in [0, 0.1) is 30.4 Å². The van der Waals surface area contributed by atoms with Gasteiger partial charge in [-0.3, -0.25) is 4.79 Å². The molecular weight excluding hydrogens is 314 g/mol. The fourth-order valence-electron chi connectivity index (χ4n) is 3.02. The number of aliphatic carboxylic acids is 1. The van der Waals surface area contributed by atoms with Crippen LogP contribution in [0.1, 0.15) is 63.9 Å². The van der Waals surface area contributed by atoms with Crippen LogP contribution >= 0.6 is 0 Å². The number of unbranched alkanes of at least 4 members (excludes halogenated alkanes) is 2. The SMILES string of the molecule is CCCCC[C@H]1CC[C@H](C(=O)O)CC1.Cc1ccc(O)c(F)c1F. The number of hydrogen-bond acceptors (Lipinski definition) is 2. The maximum Gasteiger partial charge on any atom is 0.306 e. The van der Waals surface area contributed by atoms with Gasteiger partial charge in [0.1, 0.15) is 0 Å². The van der Waals surface area contributed by atoms with Gasteiger partial charge in [0.15, 0.2) is 11.6 Å². The zero-order valence-corrected chi connectivity index (χ0v) is 14.5. The van der Waals surface area contributed by atoms with E-state index in [2.05, 4.69) is 6.92 Å². The highest BCUT2D eigenvalue weighted by Gasteiger charge is 2.25. The summed E-state index contributed by atoms with van der Waals surface area (Å²) in [6.45, 7) is 3.65. The molecule has 1 aromatic carbocycles. The predicted molar refractivity (Wildman–Crippen MR) is 90.0 cm³/mol. The number of benzene rings is 1. The molecule has 0 unspecified atom stereocenters. The summed E-state index contributed by atoms with van der Waals surface area (Å²) < 4.78 is 24.8. The number of carboxylic acids is 1. The van der Waals surface area contributed by atoms with Crippen LogP contribution in [0.5, 0.6) is 5.75 Å². The van der Waals surface area contributed by atoms with E-state index in [-0.39, 0.29) is 11.5 Å². The van der Waals surface area contributed by atoms with Crippen molar-refractivity contribution in [2.24, 2.45) is 11.8 Å². The fraction of sp³-hybridized carbons (Fsp3) is 0.632. The Labute approximate surface area is 142 Å². The Hall–Kier alpha value is -1.65. The van der Waals surface area contributed by atoms with Gasteiger partial charge in [-0.25, -0.2) is 4.39 Å². The van der Waals surface area contributed by atoms with Gasteiger partial charge < -0.3 is 10.2 Å². The summed E-state index contributed by atoms with van der Waals surface area (Å²) in [7, 11) is 0. The van der Waals surface area contributed by atoms with Gasteiger partial charge in [-0.1, -0.05) is 38.7 Å². The van der Waals surface area contributed by atoms with Gasteiger partial charge in [-0.2, -0.15) is 4.39 Å². The van der Waals surface area contributed by atoms with Crippen molar-refractivity contribution in [2.45, 2.75) is 65.2 Å². The van der Waals surface area contributed by atoms with Crippen molar-refractivity contribution in [2.75, 3.05) is 0 Å². The van der Waals surface area contributed by atoms with Gasteiger partial charge in [0.2, 0.25) is 5.82 Å². The Bertz CT molecular complexity index is 497. The van der Waals surface area contributed by atoms with E-state index in [1.165, 1.54) is 38.7 Å². The van der Waals surface area contributed by atoms with E-state index >= 15 is 0 Å². The lowest BCUT2D eigenvalue weighted by atomic mass is 9.80. The summed E-state index contributed by atoms with van der Waals surface area (Å²) in [5, 5.41) is 17.4. The molecular formula is C19H28F2O3. The normalized spacial score (nSPS) is 20.2. The van der Waals surface area contributed by atoms with E-state index in [1.807, 2.05) is 0 Å². The fourth-order valence-corrected chi connectivity index (χ4v) is 3.02. The number of aromatic hydroxyl groups is 1. The first-order chi connectivity index (χ1) is 11.4. The minimum absolute atomic E-state index is 0.0441. The molecule has 0 atom stereocenters. The highest BCUT2D eigenvalue weighted by molar-refractivity contribution is 5.69. The highest BCUT2D eigenvalue weighted by atomic mass is 19.2. The van der Waals surface area contributed by atoms with Crippen LogP contribution in [0.25, 0.3) is 0 Å². The summed E-state index contributed by atoms with van der Waals surface area (Å²) in [5.74, 6) is -2.63. The second-order valence-electron chi connectivity index (χ2n) is 6.58. The first-order valence-electron chi connectivity index (χ1n) is 8.73. The summed E-state index contributed by atoms with van der Waals surface area (Å²) >= 11 is 0. The van der Waals surface area contributed by atoms with Crippen LogP contribution in [-0.2, 0) is 4.79 Å². The first kappa shape index (κ1) is 20.4. The standard InChI is InChI=1S/C12H22O2.C7H6F2O/c1-2-3-4-5-10-6-8-11(9-7-10)12(13)14;1-4-2-3-5(10)7(9)6(4)8/h10-11H,2-9H2,1H3,(H,13,14);2-3,10H,1H3/t10-,11-;. The second kappa shape index (κ2) is 10.3. The van der Waals surface area contributed by atoms with Crippen molar-refractivity contribution in [3.05, 3.63) is 29.3 Å². The van der Waals surface area contributed by atoms with Gasteiger partial charge >= 0.3 is 5.97 Å². The Kier molecular flexibility index (Phi) is 8.72. The third-order valence-electron chi connectivity index (χ3n) is 4.67. The lowest BCUT2D eigenvalue weighted by Gasteiger charge is -2.25. The molecule has 0 radical (unpaired) electrons. The molecule has 0 saturated heterocycles. The molecule has 136 valence electrons. The summed E-state index contributed by atoms with van der Waals surface area (Å²) in [5.41, 5.74) is 0.190. The molecule has 1 aromatic rings. The maximum atomic E-state index is 12.5. The maximum absolute atomic E-state index is 12.5. The molecule has 0 heterocycles. The molecule has 0 bridgehead atoms. The van der Waals surface area contributed by atoms with Crippen molar-refractivity contribution >= 4 is 5.97 Å². The van der Waals surface area contributed by atoms with E-state index in [9.17, 15) is 13.6 Å². The second-order valence-corrected chi connectivity index (χ2v) is 6.58. The quantitative estimate of drug-likeness (QED) is 0.701. The molecule has 1 aliphatic carbocycles. The molecule has 1 aliphatic rings. The third-order valence-corrected chi connectivity index (χ3v) is 4.67. The van der Waals surface area contributed by atoms with Crippen molar-refractivity contribution < 1.29 is 23.8 Å². The molecule has 1 saturated carbocycles. The summed E-state index contributed by atoms with van der Waals surface area (Å²) in [6, 6.07) is 2.43. The van der Waals surface area contributed by atoms with Crippen molar-refractivity contribution in [1.29, 1.82) is 0 Å². The predicted octanol–water partition coefficient (Wildman–Crippen LogP) is 5.44. The Morgan fingerprint density at radius 2 is 1.75 bits per heavy atom. The Morgan fingerprint density at radius 3 is 2.25 bits per heavy atom. The van der Waals surface area contributed by atoms with Gasteiger partial charge in [0.05, 0.1) is 5.92 Å². The van der Waals surface area contributed by atoms with Crippen LogP contribution in [0.3, 0.4) is 0 Å². The van der Waals surface area contributed by atoms with E-state index in [0.717, 1.165) is 37.7 Å². The number of aryl methyl sites for hydroxylation is 1. The number of halogens is 2. The van der Waals surface area contributed by atoms with Crippen LogP contribution in [0.2, 0.25) is 0 Å². The van der Waals surface area contributed by atoms with Crippen LogP contribution in [-0.4, -0.2) is 16.2 Å². The largest absolute Gasteiger partial charge is 0.505 e. The molecule has 0 aromatic heterocycles. The van der Waals surface area contributed by atoms with Crippen LogP contribution in [0.15, 0.2) is 12.1 Å². The monoisotopic (exact) mass is 342 g/mol. The molecule has 3 nitrogen and oxygen atoms in total. The molecule has 0 aliphatic heterocycles. The van der Waals surface area contributed by atoms with E-state index in [4.69, 9.17) is 10.2 Å². The lowest BCUT2D eigenvalue weighted by Crippen LogP contribution is -2.21. The van der Waals surface area contributed by atoms with Gasteiger partial charge in [-0.05, 0) is 50.2 Å². The first-order valence-corrected chi connectivity index (χ1v) is 8.73. The topological polar surface area (TPSA) is 57.5 Å². The number of rotatable bonds is 5. The zero-order chi connectivity index (χ0) is 18.1. The average Bonchev–Trinajstić information content (AvgIpc) is 2.58. The molecule has 24 heavy (non-hydrogen) atoms. The number of phenols is 1. The van der Waals surface area contributed by atoms with Crippen molar-refractivity contribution in [3.63, 3.8) is 0 Å². The molecule has 2 N–H and O–H groups in total. The molecule has 5 heteroatoms. The summed E-state index contributed by atoms with van der Waals surface area (Å²) in [6.07, 6.45) is 9.36. The van der Waals surface area contributed by atoms with E-state index in [0.29, 0.717) is 0 Å². The molecule has 1 fully saturated rings. The Balaban J connectivity index is 0.000000254. The number of hydrogen-bond donors (Lipinski definition) is 2. The van der Waals surface area contributed by atoms with Crippen LogP contribution < -0.4 is 0 Å². The lowest BCUT2D eigenvalue weighted by molar-refractivity contribution is -0.143. The van der Waals surface area contributed by atoms with Gasteiger partial charge in [-0.15, -0.1) is 0 Å². The minimum atomic E-state index is -1.18. The number of carbonyl (C=O) groups is 1. The van der Waals surface area contributed by atoms with Crippen molar-refractivity contribution in [3.8, 4) is 5.75 Å². The number of carboxylic acid groups (broad SMARTS) is 1. The van der Waals surface area contributed by atoms with Gasteiger partial charge in [0, 0.05) is 0 Å². The van der Waals surface area contributed by atoms with E-state index in [1.54, 1.807) is 0 Å².